The topological polar surface area (TPSA) is 29.1 Å². The van der Waals surface area contributed by atoms with E-state index in [9.17, 15) is 35.5 Å². The van der Waals surface area contributed by atoms with E-state index in [1.807, 2.05) is 0 Å². The van der Waals surface area contributed by atoms with Crippen LogP contribution in [0.2, 0.25) is 5.02 Å². The van der Waals surface area contributed by atoms with Gasteiger partial charge in [0.1, 0.15) is 10.7 Å². The number of amides is 1. The summed E-state index contributed by atoms with van der Waals surface area (Å²) in [5, 5.41) is 2.36. The van der Waals surface area contributed by atoms with Gasteiger partial charge in [0.15, 0.2) is 0 Å². The lowest BCUT2D eigenvalue weighted by atomic mass is 10.1. The number of benzene rings is 2. The van der Waals surface area contributed by atoms with E-state index in [0.717, 1.165) is 30.3 Å². The van der Waals surface area contributed by atoms with Crippen LogP contribution in [-0.4, -0.2) is 5.91 Å². The van der Waals surface area contributed by atoms with E-state index >= 15 is 0 Å². The Bertz CT molecular complexity index is 1090. The van der Waals surface area contributed by atoms with Crippen molar-refractivity contribution >= 4 is 38.9 Å². The van der Waals surface area contributed by atoms with Crippen LogP contribution in [0.4, 0.5) is 30.7 Å². The third kappa shape index (κ3) is 4.32. The minimum absolute atomic E-state index is 0.0965. The van der Waals surface area contributed by atoms with Crippen molar-refractivity contribution in [2.75, 3.05) is 0 Å². The molecular formula is C18H9ClF7NOS. The van der Waals surface area contributed by atoms with Crippen LogP contribution in [0.5, 0.6) is 0 Å². The monoisotopic (exact) mass is 455 g/mol. The Hall–Kier alpha value is -2.33. The van der Waals surface area contributed by atoms with Crippen LogP contribution in [0.15, 0.2) is 36.4 Å². The van der Waals surface area contributed by atoms with Gasteiger partial charge in [0.25, 0.3) is 5.91 Å². The molecule has 0 saturated heterocycles. The third-order valence-corrected chi connectivity index (χ3v) is 5.64. The molecule has 3 rings (SSSR count). The molecule has 1 N–H and O–H groups in total. The third-order valence-electron chi connectivity index (χ3n) is 3.99. The van der Waals surface area contributed by atoms with Crippen molar-refractivity contribution in [3.05, 3.63) is 68.8 Å². The summed E-state index contributed by atoms with van der Waals surface area (Å²) in [6.45, 7) is -0.563. The summed E-state index contributed by atoms with van der Waals surface area (Å²) in [4.78, 5) is 12.2. The lowest BCUT2D eigenvalue weighted by Crippen LogP contribution is -2.23. The average Bonchev–Trinajstić information content (AvgIpc) is 2.95. The molecule has 0 spiro atoms. The van der Waals surface area contributed by atoms with Gasteiger partial charge in [-0.2, -0.15) is 26.3 Å². The molecule has 0 saturated carbocycles. The molecule has 3 aromatic rings. The standard InChI is InChI=1S/C18H9ClF7NOS/c19-13-10-5-4-9(17(21,22)23)6-12(10)29-15(13)16(28)27-7-8-2-1-3-11(14(8)20)18(24,25)26/h1-6H,7H2,(H,27,28). The second-order valence-corrected chi connectivity index (χ2v) is 7.34. The van der Waals surface area contributed by atoms with Crippen LogP contribution < -0.4 is 5.32 Å². The van der Waals surface area contributed by atoms with Gasteiger partial charge >= 0.3 is 12.4 Å². The molecule has 0 aliphatic heterocycles. The average molecular weight is 456 g/mol. The minimum atomic E-state index is -4.89. The van der Waals surface area contributed by atoms with Gasteiger partial charge in [-0.25, -0.2) is 4.39 Å². The first-order valence-electron chi connectivity index (χ1n) is 7.81. The van der Waals surface area contributed by atoms with Crippen LogP contribution >= 0.6 is 22.9 Å². The Balaban J connectivity index is 1.85. The Labute approximate surface area is 167 Å². The fourth-order valence-corrected chi connectivity index (χ4v) is 4.05. The molecule has 11 heteroatoms. The lowest BCUT2D eigenvalue weighted by Gasteiger charge is -2.11. The van der Waals surface area contributed by atoms with Crippen molar-refractivity contribution in [3.63, 3.8) is 0 Å². The summed E-state index contributed by atoms with van der Waals surface area (Å²) in [6, 6.07) is 5.43. The van der Waals surface area contributed by atoms with E-state index in [1.54, 1.807) is 0 Å². The molecule has 0 radical (unpaired) electrons. The van der Waals surface area contributed by atoms with Crippen LogP contribution in [0.3, 0.4) is 0 Å². The van der Waals surface area contributed by atoms with Crippen molar-refractivity contribution in [1.82, 2.24) is 5.32 Å². The SMILES string of the molecule is O=C(NCc1cccc(C(F)(F)F)c1F)c1sc2cc(C(F)(F)F)ccc2c1Cl. The number of nitrogens with one attached hydrogen (secondary N) is 1. The largest absolute Gasteiger partial charge is 0.419 e. The maximum Gasteiger partial charge on any atom is 0.419 e. The summed E-state index contributed by atoms with van der Waals surface area (Å²) in [5.74, 6) is -2.36. The van der Waals surface area contributed by atoms with E-state index in [4.69, 9.17) is 11.6 Å². The number of fused-ring (bicyclic) bond motifs is 1. The van der Waals surface area contributed by atoms with Gasteiger partial charge < -0.3 is 5.32 Å². The summed E-state index contributed by atoms with van der Waals surface area (Å²) in [6.07, 6.45) is -9.47. The highest BCUT2D eigenvalue weighted by atomic mass is 35.5. The van der Waals surface area contributed by atoms with Crippen molar-refractivity contribution in [3.8, 4) is 0 Å². The molecule has 29 heavy (non-hydrogen) atoms. The van der Waals surface area contributed by atoms with Gasteiger partial charge in [-0.1, -0.05) is 29.8 Å². The molecule has 2 aromatic carbocycles. The predicted octanol–water partition coefficient (Wildman–Crippen LogP) is 6.66. The highest BCUT2D eigenvalue weighted by Gasteiger charge is 2.35. The van der Waals surface area contributed by atoms with Crippen LogP contribution in [0.1, 0.15) is 26.4 Å². The van der Waals surface area contributed by atoms with Gasteiger partial charge in [0.05, 0.1) is 16.1 Å². The van der Waals surface area contributed by atoms with Gasteiger partial charge in [0, 0.05) is 22.2 Å². The molecule has 0 atom stereocenters. The molecule has 2 nitrogen and oxygen atoms in total. The first-order valence-corrected chi connectivity index (χ1v) is 9.01. The Kier molecular flexibility index (Phi) is 5.52. The van der Waals surface area contributed by atoms with Crippen molar-refractivity contribution in [1.29, 1.82) is 0 Å². The highest BCUT2D eigenvalue weighted by molar-refractivity contribution is 7.21. The molecule has 0 bridgehead atoms. The van der Waals surface area contributed by atoms with Gasteiger partial charge in [-0.3, -0.25) is 4.79 Å². The first kappa shape index (κ1) is 21.4. The van der Waals surface area contributed by atoms with Crippen LogP contribution in [0, 0.1) is 5.82 Å². The zero-order valence-electron chi connectivity index (χ0n) is 14.0. The molecule has 154 valence electrons. The molecule has 0 fully saturated rings. The number of hydrogen-bond donors (Lipinski definition) is 1. The molecule has 1 amide bonds. The Morgan fingerprint density at radius 2 is 1.72 bits per heavy atom. The van der Waals surface area contributed by atoms with E-state index in [2.05, 4.69) is 5.32 Å². The van der Waals surface area contributed by atoms with Gasteiger partial charge in [-0.15, -0.1) is 11.3 Å². The summed E-state index contributed by atoms with van der Waals surface area (Å²) in [5.41, 5.74) is -2.78. The molecule has 1 aromatic heterocycles. The number of rotatable bonds is 3. The summed E-state index contributed by atoms with van der Waals surface area (Å²) < 4.78 is 90.9. The van der Waals surface area contributed by atoms with E-state index in [1.165, 1.54) is 0 Å². The van der Waals surface area contributed by atoms with E-state index < -0.39 is 47.3 Å². The Morgan fingerprint density at radius 1 is 1.03 bits per heavy atom. The summed E-state index contributed by atoms with van der Waals surface area (Å²) in [7, 11) is 0. The zero-order valence-corrected chi connectivity index (χ0v) is 15.6. The van der Waals surface area contributed by atoms with E-state index in [-0.39, 0.29) is 20.0 Å². The molecule has 0 aliphatic rings. The maximum atomic E-state index is 14.0. The zero-order chi connectivity index (χ0) is 21.6. The maximum absolute atomic E-state index is 14.0. The highest BCUT2D eigenvalue weighted by Crippen LogP contribution is 2.39. The fourth-order valence-electron chi connectivity index (χ4n) is 2.58. The van der Waals surface area contributed by atoms with Crippen LogP contribution in [-0.2, 0) is 18.9 Å². The second kappa shape index (κ2) is 7.49. The number of hydrogen-bond acceptors (Lipinski definition) is 2. The minimum Gasteiger partial charge on any atom is -0.347 e. The van der Waals surface area contributed by atoms with Crippen molar-refractivity contribution in [2.45, 2.75) is 18.9 Å². The first-order chi connectivity index (χ1) is 13.4. The number of alkyl halides is 6. The summed E-state index contributed by atoms with van der Waals surface area (Å²) >= 11 is 6.75. The van der Waals surface area contributed by atoms with E-state index in [0.29, 0.717) is 17.4 Å². The number of thiophene rings is 1. The Morgan fingerprint density at radius 3 is 2.34 bits per heavy atom. The van der Waals surface area contributed by atoms with Crippen molar-refractivity contribution < 1.29 is 35.5 Å². The van der Waals surface area contributed by atoms with Gasteiger partial charge in [0.2, 0.25) is 0 Å². The van der Waals surface area contributed by atoms with Crippen LogP contribution in [0.25, 0.3) is 10.1 Å². The second-order valence-electron chi connectivity index (χ2n) is 5.91. The van der Waals surface area contributed by atoms with Gasteiger partial charge in [-0.05, 0) is 18.2 Å². The number of halogens is 8. The van der Waals surface area contributed by atoms with Crippen molar-refractivity contribution in [2.24, 2.45) is 0 Å². The fraction of sp³-hybridized carbons (Fsp3) is 0.167. The number of carbonyl (C=O) groups excluding carboxylic acids is 1. The molecule has 0 unspecified atom stereocenters. The lowest BCUT2D eigenvalue weighted by molar-refractivity contribution is -0.140. The number of carbonyl (C=O) groups is 1. The quantitative estimate of drug-likeness (QED) is 0.439. The predicted molar refractivity (Wildman–Crippen MR) is 94.4 cm³/mol. The smallest absolute Gasteiger partial charge is 0.347 e. The normalized spacial score (nSPS) is 12.4. The molecule has 0 aliphatic carbocycles. The molecular weight excluding hydrogens is 447 g/mol. The molecule has 1 heterocycles.